The summed E-state index contributed by atoms with van der Waals surface area (Å²) in [5.74, 6) is 0.683. The zero-order chi connectivity index (χ0) is 21.2. The van der Waals surface area contributed by atoms with Crippen LogP contribution >= 0.6 is 11.3 Å². The van der Waals surface area contributed by atoms with Gasteiger partial charge in [-0.15, -0.1) is 0 Å². The maximum Gasteiger partial charge on any atom is 0.240 e. The minimum absolute atomic E-state index is 0.0353. The number of rotatable bonds is 6. The smallest absolute Gasteiger partial charge is 0.240 e. The number of thiazole rings is 1. The number of fused-ring (bicyclic) bond motifs is 2. The SMILES string of the molecule is COc1cccc2sc(NC(=O)CN3CCN(Cc4cn5ccccc5n4)CC3)nc12. The molecule has 1 aliphatic heterocycles. The number of imidazole rings is 1. The highest BCUT2D eigenvalue weighted by molar-refractivity contribution is 7.22. The number of hydrogen-bond acceptors (Lipinski definition) is 7. The number of anilines is 1. The van der Waals surface area contributed by atoms with Gasteiger partial charge in [-0.05, 0) is 24.3 Å². The number of carbonyl (C=O) groups is 1. The van der Waals surface area contributed by atoms with Gasteiger partial charge in [-0.3, -0.25) is 14.6 Å². The minimum atomic E-state index is -0.0353. The van der Waals surface area contributed by atoms with Gasteiger partial charge in [0.05, 0.1) is 24.0 Å². The quantitative estimate of drug-likeness (QED) is 0.501. The van der Waals surface area contributed by atoms with Crippen LogP contribution in [0.3, 0.4) is 0 Å². The van der Waals surface area contributed by atoms with Gasteiger partial charge >= 0.3 is 0 Å². The molecule has 0 aliphatic carbocycles. The Balaban J connectivity index is 1.13. The third kappa shape index (κ3) is 4.39. The maximum atomic E-state index is 12.5. The van der Waals surface area contributed by atoms with Crippen LogP contribution in [0.25, 0.3) is 15.9 Å². The average molecular weight is 437 g/mol. The fourth-order valence-corrected chi connectivity index (χ4v) is 4.80. The molecule has 1 aromatic carbocycles. The van der Waals surface area contributed by atoms with Crippen molar-refractivity contribution in [3.63, 3.8) is 0 Å². The Hall–Kier alpha value is -3.01. The molecule has 9 heteroatoms. The van der Waals surface area contributed by atoms with Crippen molar-refractivity contribution in [1.29, 1.82) is 0 Å². The molecule has 1 aliphatic rings. The first-order valence-electron chi connectivity index (χ1n) is 10.3. The highest BCUT2D eigenvalue weighted by atomic mass is 32.1. The fourth-order valence-electron chi connectivity index (χ4n) is 3.90. The number of amides is 1. The molecule has 0 atom stereocenters. The van der Waals surface area contributed by atoms with Gasteiger partial charge in [0.1, 0.15) is 16.9 Å². The lowest BCUT2D eigenvalue weighted by molar-refractivity contribution is -0.117. The van der Waals surface area contributed by atoms with Crippen molar-refractivity contribution in [2.45, 2.75) is 6.54 Å². The van der Waals surface area contributed by atoms with Crippen LogP contribution in [0.5, 0.6) is 5.75 Å². The molecule has 1 N–H and O–H groups in total. The zero-order valence-electron chi connectivity index (χ0n) is 17.3. The van der Waals surface area contributed by atoms with E-state index in [0.29, 0.717) is 11.7 Å². The molecule has 1 saturated heterocycles. The largest absolute Gasteiger partial charge is 0.494 e. The van der Waals surface area contributed by atoms with E-state index in [4.69, 9.17) is 4.74 Å². The Bertz CT molecular complexity index is 1180. The molecular formula is C22H24N6O2S. The summed E-state index contributed by atoms with van der Waals surface area (Å²) in [6.45, 7) is 4.74. The Kier molecular flexibility index (Phi) is 5.54. The van der Waals surface area contributed by atoms with E-state index in [9.17, 15) is 4.79 Å². The first-order chi connectivity index (χ1) is 15.2. The van der Waals surface area contributed by atoms with Crippen LogP contribution in [0.1, 0.15) is 5.69 Å². The van der Waals surface area contributed by atoms with E-state index in [-0.39, 0.29) is 5.91 Å². The van der Waals surface area contributed by atoms with Crippen LogP contribution in [-0.2, 0) is 11.3 Å². The molecule has 0 saturated carbocycles. The molecule has 1 fully saturated rings. The van der Waals surface area contributed by atoms with Gasteiger partial charge in [-0.25, -0.2) is 9.97 Å². The molecule has 0 spiro atoms. The molecule has 0 bridgehead atoms. The first-order valence-corrected chi connectivity index (χ1v) is 11.1. The average Bonchev–Trinajstić information content (AvgIpc) is 3.37. The van der Waals surface area contributed by atoms with Gasteiger partial charge in [0.2, 0.25) is 5.91 Å². The van der Waals surface area contributed by atoms with Gasteiger partial charge in [-0.2, -0.15) is 0 Å². The topological polar surface area (TPSA) is 75.0 Å². The number of benzene rings is 1. The lowest BCUT2D eigenvalue weighted by Gasteiger charge is -2.33. The predicted molar refractivity (Wildman–Crippen MR) is 122 cm³/mol. The summed E-state index contributed by atoms with van der Waals surface area (Å²) in [5, 5.41) is 3.55. The Morgan fingerprint density at radius 1 is 1.10 bits per heavy atom. The predicted octanol–water partition coefficient (Wildman–Crippen LogP) is 2.71. The van der Waals surface area contributed by atoms with Gasteiger partial charge in [0.15, 0.2) is 5.13 Å². The number of carbonyl (C=O) groups excluding carboxylic acids is 1. The highest BCUT2D eigenvalue weighted by Gasteiger charge is 2.20. The maximum absolute atomic E-state index is 12.5. The van der Waals surface area contributed by atoms with Crippen LogP contribution in [0.15, 0.2) is 48.8 Å². The van der Waals surface area contributed by atoms with E-state index >= 15 is 0 Å². The summed E-state index contributed by atoms with van der Waals surface area (Å²) in [5.41, 5.74) is 2.83. The third-order valence-electron chi connectivity index (χ3n) is 5.48. The number of pyridine rings is 1. The van der Waals surface area contributed by atoms with E-state index in [0.717, 1.165) is 60.0 Å². The molecule has 5 rings (SSSR count). The van der Waals surface area contributed by atoms with Crippen LogP contribution in [0, 0.1) is 0 Å². The van der Waals surface area contributed by atoms with E-state index in [2.05, 4.69) is 31.3 Å². The summed E-state index contributed by atoms with van der Waals surface area (Å²) < 4.78 is 8.39. The standard InChI is InChI=1S/C22H24N6O2S/c1-30-17-5-4-6-18-21(17)25-22(31-18)24-20(29)15-27-11-9-26(10-12-27)13-16-14-28-8-3-2-7-19(28)23-16/h2-8,14H,9-13,15H2,1H3,(H,24,25,29). The number of nitrogens with zero attached hydrogens (tertiary/aromatic N) is 5. The highest BCUT2D eigenvalue weighted by Crippen LogP contribution is 2.32. The summed E-state index contributed by atoms with van der Waals surface area (Å²) in [6.07, 6.45) is 4.10. The summed E-state index contributed by atoms with van der Waals surface area (Å²) >= 11 is 1.46. The third-order valence-corrected chi connectivity index (χ3v) is 6.42. The monoisotopic (exact) mass is 436 g/mol. The number of aromatic nitrogens is 3. The molecule has 4 aromatic rings. The van der Waals surface area contributed by atoms with Crippen molar-refractivity contribution in [1.82, 2.24) is 24.2 Å². The van der Waals surface area contributed by atoms with Crippen LogP contribution in [0.2, 0.25) is 0 Å². The van der Waals surface area contributed by atoms with Gasteiger partial charge in [-0.1, -0.05) is 23.5 Å². The first kappa shape index (κ1) is 19.9. The summed E-state index contributed by atoms with van der Waals surface area (Å²) in [4.78, 5) is 26.3. The lowest BCUT2D eigenvalue weighted by Crippen LogP contribution is -2.48. The van der Waals surface area contributed by atoms with Crippen molar-refractivity contribution >= 4 is 38.2 Å². The van der Waals surface area contributed by atoms with E-state index < -0.39 is 0 Å². The Morgan fingerprint density at radius 3 is 2.74 bits per heavy atom. The van der Waals surface area contributed by atoms with Gasteiger partial charge < -0.3 is 14.5 Å². The number of piperazine rings is 1. The van der Waals surface area contributed by atoms with Crippen molar-refractivity contribution in [3.05, 3.63) is 54.5 Å². The molecule has 0 unspecified atom stereocenters. The summed E-state index contributed by atoms with van der Waals surface area (Å²) in [7, 11) is 1.63. The molecule has 8 nitrogen and oxygen atoms in total. The second-order valence-corrected chi connectivity index (χ2v) is 8.66. The molecule has 160 valence electrons. The Labute approximate surface area is 184 Å². The van der Waals surface area contributed by atoms with Crippen LogP contribution < -0.4 is 10.1 Å². The molecule has 4 heterocycles. The van der Waals surface area contributed by atoms with Crippen molar-refractivity contribution < 1.29 is 9.53 Å². The van der Waals surface area contributed by atoms with E-state index in [1.54, 1.807) is 7.11 Å². The normalized spacial score (nSPS) is 15.5. The van der Waals surface area contributed by atoms with Crippen molar-refractivity contribution in [2.24, 2.45) is 0 Å². The second-order valence-electron chi connectivity index (χ2n) is 7.62. The number of nitrogens with one attached hydrogen (secondary N) is 1. The van der Waals surface area contributed by atoms with E-state index in [1.807, 2.05) is 47.0 Å². The van der Waals surface area contributed by atoms with Gasteiger partial charge in [0, 0.05) is 45.1 Å². The lowest BCUT2D eigenvalue weighted by atomic mass is 10.3. The Morgan fingerprint density at radius 2 is 1.94 bits per heavy atom. The number of para-hydroxylation sites is 1. The molecule has 0 radical (unpaired) electrons. The molecule has 3 aromatic heterocycles. The van der Waals surface area contributed by atoms with Crippen LogP contribution in [0.4, 0.5) is 5.13 Å². The number of ether oxygens (including phenoxy) is 1. The number of methoxy groups -OCH3 is 1. The van der Waals surface area contributed by atoms with Crippen LogP contribution in [-0.4, -0.2) is 69.9 Å². The summed E-state index contributed by atoms with van der Waals surface area (Å²) in [6, 6.07) is 11.8. The minimum Gasteiger partial charge on any atom is -0.494 e. The van der Waals surface area contributed by atoms with Gasteiger partial charge in [0.25, 0.3) is 0 Å². The van der Waals surface area contributed by atoms with Crippen molar-refractivity contribution in [2.75, 3.05) is 45.2 Å². The second kappa shape index (κ2) is 8.62. The zero-order valence-corrected chi connectivity index (χ0v) is 18.1. The molecule has 1 amide bonds. The molecular weight excluding hydrogens is 412 g/mol. The number of hydrogen-bond donors (Lipinski definition) is 1. The van der Waals surface area contributed by atoms with Crippen molar-refractivity contribution in [3.8, 4) is 5.75 Å². The van der Waals surface area contributed by atoms with E-state index in [1.165, 1.54) is 11.3 Å². The fraction of sp³-hybridized carbons (Fsp3) is 0.318. The molecule has 31 heavy (non-hydrogen) atoms.